The molecule has 0 aliphatic heterocycles. The van der Waals surface area contributed by atoms with Crippen LogP contribution in [0.25, 0.3) is 10.9 Å². The topological polar surface area (TPSA) is 82.1 Å². The molecule has 1 atom stereocenters. The molecular formula is C20H18FN2O3S-. The Hall–Kier alpha value is -2.48. The van der Waals surface area contributed by atoms with E-state index in [2.05, 4.69) is 9.71 Å². The number of aromatic nitrogens is 1. The minimum atomic E-state index is -2.31. The van der Waals surface area contributed by atoms with Gasteiger partial charge in [-0.15, -0.1) is 0 Å². The van der Waals surface area contributed by atoms with E-state index in [0.29, 0.717) is 24.0 Å². The van der Waals surface area contributed by atoms with E-state index in [4.69, 9.17) is 0 Å². The predicted molar refractivity (Wildman–Crippen MR) is 102 cm³/mol. The normalized spacial score (nSPS) is 12.3. The van der Waals surface area contributed by atoms with Gasteiger partial charge in [-0.25, -0.2) is 9.11 Å². The highest BCUT2D eigenvalue weighted by atomic mass is 32.2. The van der Waals surface area contributed by atoms with Crippen molar-refractivity contribution in [2.24, 2.45) is 0 Å². The lowest BCUT2D eigenvalue weighted by atomic mass is 9.98. The van der Waals surface area contributed by atoms with Crippen LogP contribution in [0.1, 0.15) is 33.5 Å². The third-order valence-electron chi connectivity index (χ3n) is 4.16. The molecule has 0 saturated heterocycles. The van der Waals surface area contributed by atoms with Crippen LogP contribution in [0.3, 0.4) is 0 Å². The van der Waals surface area contributed by atoms with Crippen LogP contribution in [0.2, 0.25) is 0 Å². The Kier molecular flexibility index (Phi) is 6.05. The molecule has 1 N–H and O–H groups in total. The van der Waals surface area contributed by atoms with Gasteiger partial charge < -0.3 is 4.55 Å². The van der Waals surface area contributed by atoms with Gasteiger partial charge in [0.2, 0.25) is 0 Å². The van der Waals surface area contributed by atoms with Gasteiger partial charge in [-0.05, 0) is 73.4 Å². The number of halogens is 1. The number of rotatable bonds is 7. The minimum absolute atomic E-state index is 0.257. The van der Waals surface area contributed by atoms with E-state index in [9.17, 15) is 17.9 Å². The molecule has 7 heteroatoms. The number of hydrogen-bond acceptors (Lipinski definition) is 4. The maximum absolute atomic E-state index is 14.0. The maximum atomic E-state index is 14.0. The molecule has 1 unspecified atom stereocenters. The summed E-state index contributed by atoms with van der Waals surface area (Å²) in [6.45, 7) is 2.18. The second-order valence-corrected chi connectivity index (χ2v) is 7.09. The van der Waals surface area contributed by atoms with Crippen LogP contribution < -0.4 is 4.72 Å². The van der Waals surface area contributed by atoms with Crippen LogP contribution in [0.4, 0.5) is 4.39 Å². The Balaban J connectivity index is 1.82. The van der Waals surface area contributed by atoms with Gasteiger partial charge in [0.15, 0.2) is 5.78 Å². The summed E-state index contributed by atoms with van der Waals surface area (Å²) in [6, 6.07) is 11.4. The number of hydrogen-bond donors (Lipinski definition) is 1. The van der Waals surface area contributed by atoms with Crippen LogP contribution >= 0.6 is 0 Å². The summed E-state index contributed by atoms with van der Waals surface area (Å²) in [4.78, 5) is 17.1. The first-order chi connectivity index (χ1) is 12.9. The van der Waals surface area contributed by atoms with Gasteiger partial charge in [0.1, 0.15) is 5.82 Å². The molecule has 2 aromatic carbocycles. The Morgan fingerprint density at radius 2 is 2.00 bits per heavy atom. The van der Waals surface area contributed by atoms with Crippen molar-refractivity contribution in [3.8, 4) is 0 Å². The molecule has 0 bridgehead atoms. The first-order valence-electron chi connectivity index (χ1n) is 8.46. The Morgan fingerprint density at radius 3 is 2.78 bits per heavy atom. The molecule has 5 nitrogen and oxygen atoms in total. The molecule has 0 aliphatic carbocycles. The summed E-state index contributed by atoms with van der Waals surface area (Å²) in [7, 11) is 0. The van der Waals surface area contributed by atoms with Crippen molar-refractivity contribution in [1.29, 1.82) is 0 Å². The van der Waals surface area contributed by atoms with Crippen LogP contribution in [0.5, 0.6) is 0 Å². The zero-order valence-corrected chi connectivity index (χ0v) is 15.5. The van der Waals surface area contributed by atoms with Crippen molar-refractivity contribution < 1.29 is 17.9 Å². The summed E-state index contributed by atoms with van der Waals surface area (Å²) < 4.78 is 37.2. The van der Waals surface area contributed by atoms with E-state index in [1.807, 2.05) is 13.0 Å². The number of nitrogens with zero attached hydrogens (tertiary/aromatic N) is 1. The maximum Gasteiger partial charge on any atom is 0.193 e. The van der Waals surface area contributed by atoms with Crippen molar-refractivity contribution in [3.63, 3.8) is 0 Å². The number of carbonyl (C=O) groups excluding carboxylic acids is 1. The van der Waals surface area contributed by atoms with Gasteiger partial charge in [-0.1, -0.05) is 0 Å². The van der Waals surface area contributed by atoms with Crippen molar-refractivity contribution in [2.45, 2.75) is 19.8 Å². The fourth-order valence-corrected chi connectivity index (χ4v) is 3.23. The third-order valence-corrected chi connectivity index (χ3v) is 4.60. The van der Waals surface area contributed by atoms with Crippen molar-refractivity contribution in [1.82, 2.24) is 9.71 Å². The molecule has 3 aromatic rings. The van der Waals surface area contributed by atoms with E-state index in [0.717, 1.165) is 16.5 Å². The summed E-state index contributed by atoms with van der Waals surface area (Å²) in [5.74, 6) is -0.757. The highest BCUT2D eigenvalue weighted by Crippen LogP contribution is 2.20. The summed E-state index contributed by atoms with van der Waals surface area (Å²) in [5.41, 5.74) is 3.17. The molecule has 0 radical (unpaired) electrons. The molecule has 0 aliphatic rings. The average Bonchev–Trinajstić information content (AvgIpc) is 2.63. The van der Waals surface area contributed by atoms with Gasteiger partial charge in [-0.2, -0.15) is 0 Å². The lowest BCUT2D eigenvalue weighted by Gasteiger charge is -2.09. The number of ketones is 1. The summed E-state index contributed by atoms with van der Waals surface area (Å²) in [5, 5.41) is 0.856. The monoisotopic (exact) mass is 385 g/mol. The lowest BCUT2D eigenvalue weighted by Crippen LogP contribution is -2.18. The van der Waals surface area contributed by atoms with Gasteiger partial charge >= 0.3 is 0 Å². The summed E-state index contributed by atoms with van der Waals surface area (Å²) >= 11 is -2.31. The van der Waals surface area contributed by atoms with Crippen LogP contribution in [0, 0.1) is 12.7 Å². The minimum Gasteiger partial charge on any atom is -0.760 e. The highest BCUT2D eigenvalue weighted by Gasteiger charge is 2.13. The van der Waals surface area contributed by atoms with E-state index in [-0.39, 0.29) is 17.9 Å². The number of nitrogens with one attached hydrogen (secondary N) is 1. The van der Waals surface area contributed by atoms with E-state index in [1.165, 1.54) is 12.1 Å². The Bertz CT molecular complexity index is 1020. The van der Waals surface area contributed by atoms with Gasteiger partial charge in [0.05, 0.1) is 5.52 Å². The molecule has 3 rings (SSSR count). The second kappa shape index (κ2) is 8.47. The molecule has 27 heavy (non-hydrogen) atoms. The number of aryl methyl sites for hydroxylation is 2. The molecule has 0 saturated carbocycles. The van der Waals surface area contributed by atoms with Gasteiger partial charge in [-0.3, -0.25) is 14.0 Å². The van der Waals surface area contributed by atoms with Crippen LogP contribution in [-0.2, 0) is 17.7 Å². The Morgan fingerprint density at radius 1 is 1.19 bits per heavy atom. The van der Waals surface area contributed by atoms with Gasteiger partial charge in [0.25, 0.3) is 0 Å². The smallest absolute Gasteiger partial charge is 0.193 e. The zero-order chi connectivity index (χ0) is 19.4. The second-order valence-electron chi connectivity index (χ2n) is 6.33. The lowest BCUT2D eigenvalue weighted by molar-refractivity contribution is 0.103. The van der Waals surface area contributed by atoms with Crippen molar-refractivity contribution in [2.75, 3.05) is 6.54 Å². The number of fused-ring (bicyclic) bond motifs is 1. The molecule has 140 valence electrons. The first-order valence-corrected chi connectivity index (χ1v) is 9.53. The van der Waals surface area contributed by atoms with Crippen LogP contribution in [-0.4, -0.2) is 26.1 Å². The van der Waals surface area contributed by atoms with E-state index >= 15 is 0 Å². The molecule has 0 amide bonds. The standard InChI is InChI=1S/C20H19FN2O3S/c1-13-7-16-10-15(4-5-19(16)22-12-13)20(24)17-8-14(9-18(21)11-17)3-2-6-23-27(25)26/h4-5,7-12,23H,2-3,6H2,1H3,(H,25,26)/p-1. The number of benzene rings is 2. The first kappa shape index (κ1) is 19.3. The third kappa shape index (κ3) is 5.03. The Labute approximate surface area is 159 Å². The molecular weight excluding hydrogens is 367 g/mol. The van der Waals surface area contributed by atoms with Crippen LogP contribution in [0.15, 0.2) is 48.7 Å². The predicted octanol–water partition coefficient (Wildman–Crippen LogP) is 3.23. The largest absolute Gasteiger partial charge is 0.760 e. The quantitative estimate of drug-likeness (QED) is 0.385. The summed E-state index contributed by atoms with van der Waals surface area (Å²) in [6.07, 6.45) is 2.73. The molecule has 1 heterocycles. The average molecular weight is 385 g/mol. The number of pyridine rings is 1. The molecule has 0 fully saturated rings. The van der Waals surface area contributed by atoms with Gasteiger partial charge in [0, 0.05) is 40.5 Å². The highest BCUT2D eigenvalue weighted by molar-refractivity contribution is 7.77. The SMILES string of the molecule is Cc1cnc2ccc(C(=O)c3cc(F)cc(CCCNS(=O)[O-])c3)cc2c1. The van der Waals surface area contributed by atoms with E-state index in [1.54, 1.807) is 30.5 Å². The molecule has 0 spiro atoms. The fourth-order valence-electron chi connectivity index (χ4n) is 2.92. The van der Waals surface area contributed by atoms with Crippen molar-refractivity contribution >= 4 is 28.0 Å². The molecule has 1 aromatic heterocycles. The zero-order valence-electron chi connectivity index (χ0n) is 14.7. The van der Waals surface area contributed by atoms with Crippen molar-refractivity contribution in [3.05, 3.63) is 76.7 Å². The van der Waals surface area contributed by atoms with E-state index < -0.39 is 17.1 Å². The fraction of sp³-hybridized carbons (Fsp3) is 0.200. The number of carbonyl (C=O) groups is 1.